The Morgan fingerprint density at radius 2 is 2.04 bits per heavy atom. The second kappa shape index (κ2) is 13.2. The van der Waals surface area contributed by atoms with Crippen molar-refractivity contribution in [2.75, 3.05) is 56.3 Å². The number of carbonyl (C=O) groups is 1. The lowest BCUT2D eigenvalue weighted by molar-refractivity contribution is -0.257. The second-order valence-electron chi connectivity index (χ2n) is 14.8. The number of hydrogen-bond donors (Lipinski definition) is 2. The molecule has 2 unspecified atom stereocenters. The maximum atomic E-state index is 14.0. The lowest BCUT2D eigenvalue weighted by Crippen LogP contribution is -2.60. The van der Waals surface area contributed by atoms with Gasteiger partial charge in [-0.05, 0) is 42.5 Å². The molecule has 0 saturated carbocycles. The topological polar surface area (TPSA) is 139 Å². The van der Waals surface area contributed by atoms with Crippen LogP contribution in [0.3, 0.4) is 0 Å². The Hall–Kier alpha value is -5.30. The number of nitrogens with zero attached hydrogens (tertiary/aromatic N) is 6. The van der Waals surface area contributed by atoms with Crippen molar-refractivity contribution in [3.63, 3.8) is 0 Å². The van der Waals surface area contributed by atoms with Gasteiger partial charge in [-0.1, -0.05) is 43.0 Å². The summed E-state index contributed by atoms with van der Waals surface area (Å²) in [6, 6.07) is 7.99. The Bertz CT molecular complexity index is 2240. The quantitative estimate of drug-likeness (QED) is 0.258. The van der Waals surface area contributed by atoms with Crippen molar-refractivity contribution in [2.24, 2.45) is 11.8 Å². The highest BCUT2D eigenvalue weighted by atomic mass is 19.3. The molecule has 4 aromatic rings. The third-order valence-electron chi connectivity index (χ3n) is 11.0. The molecule has 0 bridgehead atoms. The molecular formula is C39H39F2N7O6. The summed E-state index contributed by atoms with van der Waals surface area (Å²) < 4.78 is 52.4. The number of carboxylic acid groups (broad SMARTS) is 1. The Labute approximate surface area is 309 Å². The van der Waals surface area contributed by atoms with Gasteiger partial charge in [0.15, 0.2) is 11.4 Å². The van der Waals surface area contributed by atoms with Gasteiger partial charge in [0.05, 0.1) is 32.8 Å². The van der Waals surface area contributed by atoms with Gasteiger partial charge in [-0.15, -0.1) is 0 Å². The highest BCUT2D eigenvalue weighted by molar-refractivity contribution is 6.06. The van der Waals surface area contributed by atoms with Crippen LogP contribution >= 0.6 is 0 Å². The normalized spacial score (nSPS) is 27.0. The number of furan rings is 1. The number of aliphatic carboxylic acids is 1. The Morgan fingerprint density at radius 3 is 2.78 bits per heavy atom. The van der Waals surface area contributed by atoms with E-state index in [0.29, 0.717) is 53.3 Å². The van der Waals surface area contributed by atoms with Crippen molar-refractivity contribution in [3.8, 4) is 17.7 Å². The molecule has 5 aliphatic heterocycles. The van der Waals surface area contributed by atoms with Crippen LogP contribution in [-0.2, 0) is 14.3 Å². The molecular weight excluding hydrogens is 700 g/mol. The first kappa shape index (κ1) is 34.5. The number of rotatable bonds is 7. The molecule has 15 heteroatoms. The number of allylic oxidation sites excluding steroid dienone is 1. The van der Waals surface area contributed by atoms with E-state index in [-0.39, 0.29) is 53.8 Å². The summed E-state index contributed by atoms with van der Waals surface area (Å²) in [6.07, 6.45) is 10.1. The lowest BCUT2D eigenvalue weighted by Gasteiger charge is -2.50. The molecule has 9 rings (SSSR count). The standard InChI is InChI=1S/C39H39F2N7O6/c1-23-25(12-14-52-38(23)21-51-22-38)8-9-26-15-24(7-10-27-11-13-46(2)45-27)17-42-35(26)53-28-16-30(36(49)50)48(18-28)34-33-32(29-5-3-4-6-31(29)54-33)43-37(44-34)47-19-39(40,41)20-47/h3-6,8-9,11,13,15,17,23,25,27-28,30,45H,12,14,16,18-22H2,1-2H3,(H,49,50)/b9-8+/t23-,25?,27?,28+,30+/m1/s1. The van der Waals surface area contributed by atoms with Crippen LogP contribution in [0.2, 0.25) is 0 Å². The molecule has 1 spiro atoms. The van der Waals surface area contributed by atoms with Gasteiger partial charge in [0.2, 0.25) is 11.8 Å². The summed E-state index contributed by atoms with van der Waals surface area (Å²) in [5.74, 6) is 3.60. The average molecular weight is 740 g/mol. The van der Waals surface area contributed by atoms with Gasteiger partial charge < -0.3 is 38.5 Å². The van der Waals surface area contributed by atoms with Crippen molar-refractivity contribution >= 4 is 45.9 Å². The monoisotopic (exact) mass is 739 g/mol. The smallest absolute Gasteiger partial charge is 0.326 e. The van der Waals surface area contributed by atoms with Gasteiger partial charge in [0.1, 0.15) is 34.9 Å². The molecule has 5 aliphatic rings. The minimum absolute atomic E-state index is 0.0850. The Morgan fingerprint density at radius 1 is 1.20 bits per heavy atom. The highest BCUT2D eigenvalue weighted by Crippen LogP contribution is 2.42. The number of ether oxygens (including phenoxy) is 3. The van der Waals surface area contributed by atoms with Crippen molar-refractivity contribution < 1.29 is 37.3 Å². The molecule has 4 fully saturated rings. The summed E-state index contributed by atoms with van der Waals surface area (Å²) in [4.78, 5) is 29.8. The molecule has 0 aliphatic carbocycles. The van der Waals surface area contributed by atoms with Crippen LogP contribution in [0.15, 0.2) is 59.3 Å². The third-order valence-corrected chi connectivity index (χ3v) is 11.0. The van der Waals surface area contributed by atoms with Crippen LogP contribution in [-0.4, -0.2) is 107 Å². The van der Waals surface area contributed by atoms with Crippen molar-refractivity contribution in [1.29, 1.82) is 0 Å². The van der Waals surface area contributed by atoms with E-state index in [0.717, 1.165) is 6.42 Å². The number of benzene rings is 1. The molecule has 54 heavy (non-hydrogen) atoms. The van der Waals surface area contributed by atoms with Crippen LogP contribution in [0.25, 0.3) is 28.1 Å². The molecule has 2 N–H and O–H groups in total. The number of hydrazine groups is 1. The summed E-state index contributed by atoms with van der Waals surface area (Å²) in [7, 11) is 1.90. The third kappa shape index (κ3) is 6.27. The zero-order valence-corrected chi connectivity index (χ0v) is 29.7. The molecule has 5 atom stereocenters. The first-order valence-electron chi connectivity index (χ1n) is 18.1. The van der Waals surface area contributed by atoms with E-state index in [4.69, 9.17) is 23.6 Å². The van der Waals surface area contributed by atoms with Crippen LogP contribution in [0.5, 0.6) is 5.88 Å². The number of nitrogens with one attached hydrogen (secondary N) is 1. The zero-order valence-electron chi connectivity index (χ0n) is 29.7. The fraction of sp³-hybridized carbons (Fsp3) is 0.436. The number of aromatic nitrogens is 3. The predicted molar refractivity (Wildman–Crippen MR) is 195 cm³/mol. The lowest BCUT2D eigenvalue weighted by atomic mass is 9.74. The predicted octanol–water partition coefficient (Wildman–Crippen LogP) is 4.48. The minimum Gasteiger partial charge on any atom is -0.480 e. The number of pyridine rings is 1. The van der Waals surface area contributed by atoms with Crippen LogP contribution in [0.1, 0.15) is 30.9 Å². The molecule has 4 saturated heterocycles. The van der Waals surface area contributed by atoms with Crippen molar-refractivity contribution in [2.45, 2.75) is 49.5 Å². The summed E-state index contributed by atoms with van der Waals surface area (Å²) in [5.41, 5.74) is 5.59. The SMILES string of the molecule is C[C@@H]1C(/C=C/c2cc(C#CC3C=CN(C)N3)cnc2O[C@H]2C[C@@H](C(=O)O)N(c3nc(N4CC(F)(F)C4)nc4c3oc3ccccc34)C2)CCOC12COC2. The highest BCUT2D eigenvalue weighted by Gasteiger charge is 2.50. The second-order valence-corrected chi connectivity index (χ2v) is 14.8. The summed E-state index contributed by atoms with van der Waals surface area (Å²) in [6.45, 7) is 3.06. The van der Waals surface area contributed by atoms with E-state index in [9.17, 15) is 18.7 Å². The van der Waals surface area contributed by atoms with E-state index >= 15 is 0 Å². The number of alkyl halides is 2. The molecule has 0 radical (unpaired) electrons. The molecule has 13 nitrogen and oxygen atoms in total. The maximum Gasteiger partial charge on any atom is 0.326 e. The van der Waals surface area contributed by atoms with Gasteiger partial charge in [-0.3, -0.25) is 0 Å². The Balaban J connectivity index is 1.04. The first-order chi connectivity index (χ1) is 26.0. The van der Waals surface area contributed by atoms with Crippen LogP contribution in [0, 0.1) is 23.7 Å². The van der Waals surface area contributed by atoms with Crippen molar-refractivity contribution in [3.05, 3.63) is 66.0 Å². The summed E-state index contributed by atoms with van der Waals surface area (Å²) in [5, 5.41) is 13.0. The zero-order chi connectivity index (χ0) is 37.2. The number of halogens is 2. The van der Waals surface area contributed by atoms with Gasteiger partial charge in [-0.25, -0.2) is 29.0 Å². The molecule has 1 aromatic carbocycles. The van der Waals surface area contributed by atoms with Gasteiger partial charge in [-0.2, -0.15) is 4.98 Å². The van der Waals surface area contributed by atoms with Gasteiger partial charge in [0.25, 0.3) is 5.92 Å². The van der Waals surface area contributed by atoms with Crippen LogP contribution in [0.4, 0.5) is 20.5 Å². The largest absolute Gasteiger partial charge is 0.480 e. The summed E-state index contributed by atoms with van der Waals surface area (Å²) >= 11 is 0. The van der Waals surface area contributed by atoms with Crippen molar-refractivity contribution in [1.82, 2.24) is 25.4 Å². The molecule has 3 aromatic heterocycles. The van der Waals surface area contributed by atoms with Gasteiger partial charge in [0, 0.05) is 49.0 Å². The fourth-order valence-corrected chi connectivity index (χ4v) is 7.89. The van der Waals surface area contributed by atoms with E-state index in [2.05, 4.69) is 40.2 Å². The Kier molecular flexibility index (Phi) is 8.44. The minimum atomic E-state index is -2.86. The number of anilines is 2. The number of fused-ring (bicyclic) bond motifs is 3. The average Bonchev–Trinajstić information content (AvgIpc) is 3.85. The maximum absolute atomic E-state index is 14.0. The number of carboxylic acids is 1. The van der Waals surface area contributed by atoms with E-state index in [1.165, 1.54) is 4.90 Å². The van der Waals surface area contributed by atoms with Gasteiger partial charge >= 0.3 is 5.97 Å². The van der Waals surface area contributed by atoms with Crippen LogP contribution < -0.4 is 20.0 Å². The molecule has 0 amide bonds. The number of para-hydroxylation sites is 1. The number of hydrogen-bond acceptors (Lipinski definition) is 12. The van der Waals surface area contributed by atoms with E-state index in [1.54, 1.807) is 17.2 Å². The van der Waals surface area contributed by atoms with E-state index in [1.807, 2.05) is 54.7 Å². The molecule has 280 valence electrons. The molecule has 8 heterocycles. The van der Waals surface area contributed by atoms with E-state index < -0.39 is 37.1 Å². The first-order valence-corrected chi connectivity index (χ1v) is 18.1. The fourth-order valence-electron chi connectivity index (χ4n) is 7.89.